The molecule has 0 amide bonds. The molecule has 0 aromatic carbocycles. The zero-order valence-corrected chi connectivity index (χ0v) is 32.8. The topological polar surface area (TPSA) is 206 Å². The zero-order chi connectivity index (χ0) is 37.5. The van der Waals surface area contributed by atoms with E-state index in [1.807, 2.05) is 60.3 Å². The first-order valence-corrected chi connectivity index (χ1v) is 16.9. The van der Waals surface area contributed by atoms with Crippen molar-refractivity contribution in [1.82, 2.24) is 78.1 Å². The molecule has 6 aromatic heterocycles. The molecule has 2 aliphatic rings. The lowest BCUT2D eigenvalue weighted by molar-refractivity contribution is 0.839. The SMILES string of the molecule is C.Cc1nc2c(C)ncn(C)c-2n1.Cc1nc2c([nH]1)c(=O)[nH]c(=S)n2C.Cc1nc2c([nH]1)c(=S)[nH]c(=S)n2C.Cc1nc2c([nH]1)c(C)nc(=S)n2C. The van der Waals surface area contributed by atoms with Crippen LogP contribution < -0.4 is 5.56 Å². The summed E-state index contributed by atoms with van der Waals surface area (Å²) in [7, 11) is 7.41. The van der Waals surface area contributed by atoms with Gasteiger partial charge in [-0.25, -0.2) is 34.9 Å². The van der Waals surface area contributed by atoms with Crippen molar-refractivity contribution in [3.8, 4) is 11.5 Å². The molecule has 0 aliphatic carbocycles. The van der Waals surface area contributed by atoms with E-state index in [9.17, 15) is 4.79 Å². The van der Waals surface area contributed by atoms with Gasteiger partial charge in [0.25, 0.3) is 5.56 Å². The van der Waals surface area contributed by atoms with Crippen LogP contribution in [0.15, 0.2) is 11.1 Å². The molecule has 21 heteroatoms. The van der Waals surface area contributed by atoms with Gasteiger partial charge in [0.1, 0.15) is 50.2 Å². The van der Waals surface area contributed by atoms with Crippen LogP contribution in [-0.2, 0) is 28.2 Å². The zero-order valence-electron chi connectivity index (χ0n) is 29.5. The minimum absolute atomic E-state index is 0. The number of aromatic amines is 5. The molecule has 0 saturated carbocycles. The summed E-state index contributed by atoms with van der Waals surface area (Å²) in [5, 5.41) is 0. The molecule has 17 nitrogen and oxygen atoms in total. The fourth-order valence-electron chi connectivity index (χ4n) is 5.00. The van der Waals surface area contributed by atoms with Crippen LogP contribution in [0.25, 0.3) is 45.0 Å². The van der Waals surface area contributed by atoms with Crippen LogP contribution in [-0.4, -0.2) is 78.1 Å². The molecule has 0 saturated heterocycles. The maximum absolute atomic E-state index is 11.4. The monoisotopic (exact) mass is 780 g/mol. The Balaban J connectivity index is 0.000000154. The highest BCUT2D eigenvalue weighted by molar-refractivity contribution is 7.72. The first-order valence-electron chi connectivity index (χ1n) is 15.3. The highest BCUT2D eigenvalue weighted by atomic mass is 32.1. The molecule has 0 bridgehead atoms. The van der Waals surface area contributed by atoms with Gasteiger partial charge in [0.15, 0.2) is 32.3 Å². The number of nitrogens with zero attached hydrogens (tertiary/aromatic N) is 11. The standard InChI is InChI=1S/C8H10N4S.C8H10N4.C7H8N4OS.C7H8N4S2.CH4/c1-4-6-7(11-5(2)10-6)12(3)8(13)9-4;1-5-7-8(11-6(2)10-7)12(3)4-9-5;2*1-3-8-4-5(9-3)11(2)7(13)10-6(4)12;/h1-3H3,(H,10,11);4H,1-3H3;2*1-2H3,(H,8,9)(H,10,12,13);1H4. The van der Waals surface area contributed by atoms with E-state index in [0.29, 0.717) is 35.9 Å². The van der Waals surface area contributed by atoms with Crippen molar-refractivity contribution in [1.29, 1.82) is 0 Å². The van der Waals surface area contributed by atoms with Crippen LogP contribution in [0.2, 0.25) is 0 Å². The van der Waals surface area contributed by atoms with Crippen molar-refractivity contribution in [2.75, 3.05) is 0 Å². The van der Waals surface area contributed by atoms with Gasteiger partial charge in [0.05, 0.1) is 17.7 Å². The van der Waals surface area contributed by atoms with Crippen molar-refractivity contribution >= 4 is 82.4 Å². The Morgan fingerprint density at radius 3 is 1.65 bits per heavy atom. The maximum atomic E-state index is 11.4. The van der Waals surface area contributed by atoms with E-state index in [-0.39, 0.29) is 13.0 Å². The summed E-state index contributed by atoms with van der Waals surface area (Å²) in [6.45, 7) is 11.4. The highest BCUT2D eigenvalue weighted by Crippen LogP contribution is 2.19. The summed E-state index contributed by atoms with van der Waals surface area (Å²) in [6.07, 6.45) is 1.76. The highest BCUT2D eigenvalue weighted by Gasteiger charge is 2.14. The molecule has 274 valence electrons. The second-order valence-corrected chi connectivity index (χ2v) is 13.2. The summed E-state index contributed by atoms with van der Waals surface area (Å²) in [6, 6.07) is 0. The van der Waals surface area contributed by atoms with Gasteiger partial charge in [-0.3, -0.25) is 9.78 Å². The lowest BCUT2D eigenvalue weighted by Crippen LogP contribution is -2.12. The van der Waals surface area contributed by atoms with E-state index in [0.717, 1.165) is 62.7 Å². The van der Waals surface area contributed by atoms with Crippen molar-refractivity contribution in [2.45, 2.75) is 49.0 Å². The number of aryl methyl sites for hydroxylation is 10. The molecule has 0 spiro atoms. The van der Waals surface area contributed by atoms with Gasteiger partial charge in [0, 0.05) is 28.2 Å². The van der Waals surface area contributed by atoms with Crippen molar-refractivity contribution < 1.29 is 0 Å². The lowest BCUT2D eigenvalue weighted by atomic mass is 10.3. The molecular weight excluding hydrogens is 741 g/mol. The van der Waals surface area contributed by atoms with Crippen molar-refractivity contribution in [3.63, 3.8) is 0 Å². The molecule has 8 rings (SSSR count). The van der Waals surface area contributed by atoms with Crippen molar-refractivity contribution in [3.05, 3.63) is 70.3 Å². The Labute approximate surface area is 318 Å². The van der Waals surface area contributed by atoms with E-state index >= 15 is 0 Å². The van der Waals surface area contributed by atoms with E-state index in [4.69, 9.17) is 48.9 Å². The molecule has 52 heavy (non-hydrogen) atoms. The fraction of sp³-hybridized carbons (Fsp3) is 0.355. The first-order chi connectivity index (χ1) is 24.0. The number of aromatic nitrogens is 16. The minimum Gasteiger partial charge on any atom is -0.339 e. The molecule has 2 aliphatic heterocycles. The summed E-state index contributed by atoms with van der Waals surface area (Å²) >= 11 is 20.2. The first kappa shape index (κ1) is 39.7. The number of hydrogen-bond donors (Lipinski definition) is 5. The fourth-order valence-corrected chi connectivity index (χ4v) is 5.90. The quantitative estimate of drug-likeness (QED) is 0.115. The van der Waals surface area contributed by atoms with Gasteiger partial charge in [-0.2, -0.15) is 0 Å². The van der Waals surface area contributed by atoms with Crippen LogP contribution in [0.5, 0.6) is 0 Å². The van der Waals surface area contributed by atoms with Gasteiger partial charge < -0.3 is 38.2 Å². The van der Waals surface area contributed by atoms with Crippen LogP contribution in [0.4, 0.5) is 0 Å². The van der Waals surface area contributed by atoms with E-state index in [2.05, 4.69) is 59.8 Å². The van der Waals surface area contributed by atoms with Crippen LogP contribution in [0.1, 0.15) is 42.1 Å². The Morgan fingerprint density at radius 2 is 1.08 bits per heavy atom. The second-order valence-electron chi connectivity index (χ2n) is 11.6. The number of fused-ring (bicyclic) bond motifs is 4. The number of imidazole rings is 4. The number of rotatable bonds is 0. The molecule has 0 fully saturated rings. The van der Waals surface area contributed by atoms with E-state index in [1.165, 1.54) is 0 Å². The molecule has 0 atom stereocenters. The third-order valence-electron chi connectivity index (χ3n) is 7.63. The third kappa shape index (κ3) is 8.01. The Kier molecular flexibility index (Phi) is 11.9. The van der Waals surface area contributed by atoms with Crippen LogP contribution >= 0.6 is 48.9 Å². The van der Waals surface area contributed by atoms with Crippen molar-refractivity contribution in [2.24, 2.45) is 28.2 Å². The summed E-state index contributed by atoms with van der Waals surface area (Å²) in [4.78, 5) is 55.7. The molecular formula is C31H40N16OS4. The second kappa shape index (κ2) is 15.6. The summed E-state index contributed by atoms with van der Waals surface area (Å²) in [5.74, 6) is 4.13. The predicted molar refractivity (Wildman–Crippen MR) is 212 cm³/mol. The summed E-state index contributed by atoms with van der Waals surface area (Å²) < 4.78 is 9.28. The minimum atomic E-state index is -0.223. The third-order valence-corrected chi connectivity index (χ3v) is 9.06. The largest absolute Gasteiger partial charge is 0.339 e. The van der Waals surface area contributed by atoms with Gasteiger partial charge >= 0.3 is 0 Å². The Hall–Kier alpha value is -5.12. The van der Waals surface area contributed by atoms with Crippen LogP contribution in [0.3, 0.4) is 0 Å². The predicted octanol–water partition coefficient (Wildman–Crippen LogP) is 5.84. The Morgan fingerprint density at radius 1 is 0.577 bits per heavy atom. The van der Waals surface area contributed by atoms with Crippen LogP contribution in [0, 0.1) is 60.5 Å². The molecule has 8 heterocycles. The van der Waals surface area contributed by atoms with Gasteiger partial charge in [-0.05, 0) is 78.2 Å². The summed E-state index contributed by atoms with van der Waals surface area (Å²) in [5.41, 5.74) is 7.04. The number of hydrogen-bond acceptors (Lipinski definition) is 12. The molecule has 0 radical (unpaired) electrons. The average molecular weight is 781 g/mol. The average Bonchev–Trinajstić information content (AvgIpc) is 3.86. The maximum Gasteiger partial charge on any atom is 0.277 e. The normalized spacial score (nSPS) is 10.7. The lowest BCUT2D eigenvalue weighted by Gasteiger charge is -2.04. The number of H-pyrrole nitrogens is 5. The smallest absolute Gasteiger partial charge is 0.277 e. The molecule has 6 aromatic rings. The number of nitrogens with one attached hydrogen (secondary N) is 5. The van der Waals surface area contributed by atoms with Gasteiger partial charge in [-0.1, -0.05) is 19.6 Å². The van der Waals surface area contributed by atoms with E-state index in [1.54, 1.807) is 34.0 Å². The molecule has 5 N–H and O–H groups in total. The molecule has 0 unspecified atom stereocenters. The Bertz CT molecular complexity index is 2700. The van der Waals surface area contributed by atoms with Gasteiger partial charge in [0.2, 0.25) is 4.77 Å². The van der Waals surface area contributed by atoms with E-state index < -0.39 is 0 Å². The van der Waals surface area contributed by atoms with Gasteiger partial charge in [-0.15, -0.1) is 0 Å².